The van der Waals surface area contributed by atoms with Gasteiger partial charge in [-0.25, -0.2) is 27.9 Å². The van der Waals surface area contributed by atoms with Gasteiger partial charge in [0.2, 0.25) is 5.91 Å². The monoisotopic (exact) mass is 479 g/mol. The minimum absolute atomic E-state index is 0.0570. The highest BCUT2D eigenvalue weighted by Gasteiger charge is 2.25. The fourth-order valence-corrected chi connectivity index (χ4v) is 3.73. The number of amides is 1. The summed E-state index contributed by atoms with van der Waals surface area (Å²) in [6, 6.07) is 17.6. The molecule has 0 atom stereocenters. The number of hydrogen-bond donors (Lipinski definition) is 0. The third-order valence-electron chi connectivity index (χ3n) is 5.58. The van der Waals surface area contributed by atoms with E-state index in [0.717, 1.165) is 0 Å². The van der Waals surface area contributed by atoms with Crippen molar-refractivity contribution in [2.75, 3.05) is 24.9 Å². The summed E-state index contributed by atoms with van der Waals surface area (Å²) < 4.78 is 42.3. The zero-order valence-electron chi connectivity index (χ0n) is 18.4. The number of para-hydroxylation sites is 1. The largest absolute Gasteiger partial charge is 0.314 e. The normalized spacial score (nSPS) is 13.8. The number of hydroxylamine groups is 1. The molecule has 0 radical (unpaired) electrons. The van der Waals surface area contributed by atoms with Gasteiger partial charge in [-0.15, -0.1) is 5.10 Å². The van der Waals surface area contributed by atoms with E-state index < -0.39 is 17.5 Å². The van der Waals surface area contributed by atoms with Gasteiger partial charge < -0.3 is 4.90 Å². The first kappa shape index (κ1) is 22.6. The number of halogens is 3. The van der Waals surface area contributed by atoms with Gasteiger partial charge in [0.15, 0.2) is 11.6 Å². The highest BCUT2D eigenvalue weighted by atomic mass is 19.1. The van der Waals surface area contributed by atoms with E-state index in [4.69, 9.17) is 4.84 Å². The zero-order chi connectivity index (χ0) is 24.4. The van der Waals surface area contributed by atoms with Gasteiger partial charge in [0.1, 0.15) is 30.7 Å². The van der Waals surface area contributed by atoms with Crippen LogP contribution in [0.5, 0.6) is 0 Å². The minimum atomic E-state index is -0.410. The van der Waals surface area contributed by atoms with Gasteiger partial charge in [-0.2, -0.15) is 0 Å². The Morgan fingerprint density at radius 1 is 0.857 bits per heavy atom. The summed E-state index contributed by atoms with van der Waals surface area (Å²) in [5, 5.41) is 5.88. The molecule has 1 fully saturated rings. The van der Waals surface area contributed by atoms with Gasteiger partial charge in [0, 0.05) is 17.7 Å². The number of rotatable bonds is 5. The number of nitrogens with zero attached hydrogens (tertiary/aromatic N) is 5. The topological polar surface area (TPSA) is 63.5 Å². The van der Waals surface area contributed by atoms with Gasteiger partial charge in [0.25, 0.3) is 0 Å². The summed E-state index contributed by atoms with van der Waals surface area (Å²) >= 11 is 0. The van der Waals surface area contributed by atoms with Crippen LogP contribution < -0.4 is 5.06 Å². The van der Waals surface area contributed by atoms with Crippen LogP contribution in [0.4, 0.5) is 18.9 Å². The van der Waals surface area contributed by atoms with Crippen molar-refractivity contribution in [3.05, 3.63) is 90.2 Å². The van der Waals surface area contributed by atoms with Crippen LogP contribution >= 0.6 is 0 Å². The Bertz CT molecular complexity index is 1330. The molecular formula is C25H20F3N5O2. The summed E-state index contributed by atoms with van der Waals surface area (Å²) in [5.74, 6) is -0.818. The Morgan fingerprint density at radius 3 is 2.14 bits per heavy atom. The highest BCUT2D eigenvalue weighted by molar-refractivity contribution is 5.77. The van der Waals surface area contributed by atoms with Crippen LogP contribution in [-0.4, -0.2) is 45.4 Å². The number of benzene rings is 3. The molecule has 0 aliphatic carbocycles. The van der Waals surface area contributed by atoms with E-state index >= 15 is 0 Å². The molecule has 0 N–H and O–H groups in total. The average molecular weight is 479 g/mol. The molecule has 0 unspecified atom stereocenters. The second-order valence-electron chi connectivity index (χ2n) is 7.90. The van der Waals surface area contributed by atoms with Crippen molar-refractivity contribution in [1.82, 2.24) is 19.7 Å². The van der Waals surface area contributed by atoms with Crippen LogP contribution in [0, 0.1) is 17.5 Å². The van der Waals surface area contributed by atoms with Crippen LogP contribution in [0.3, 0.4) is 0 Å². The van der Waals surface area contributed by atoms with E-state index in [1.54, 1.807) is 42.5 Å². The Kier molecular flexibility index (Phi) is 6.19. The number of aromatic nitrogens is 3. The molecule has 0 saturated carbocycles. The molecule has 1 aliphatic heterocycles. The fraction of sp³-hybridized carbons (Fsp3) is 0.160. The maximum absolute atomic E-state index is 14.0. The average Bonchev–Trinajstić information content (AvgIpc) is 3.29. The molecular weight excluding hydrogens is 459 g/mol. The van der Waals surface area contributed by atoms with Crippen LogP contribution in [0.25, 0.3) is 22.8 Å². The molecule has 0 bridgehead atoms. The van der Waals surface area contributed by atoms with E-state index in [1.807, 2.05) is 0 Å². The van der Waals surface area contributed by atoms with Crippen LogP contribution in [0.1, 0.15) is 0 Å². The number of carbonyl (C=O) groups excluding carboxylic acids is 1. The van der Waals surface area contributed by atoms with Crippen LogP contribution in [0.2, 0.25) is 0 Å². The number of anilines is 1. The van der Waals surface area contributed by atoms with Crippen molar-refractivity contribution in [2.45, 2.75) is 6.54 Å². The molecule has 1 aliphatic rings. The molecule has 1 aromatic heterocycles. The standard InChI is InChI=1S/C25H20F3N5O2/c26-19-9-5-17(6-10-19)24-29-25(18-7-11-20(27)12-8-18)32(30-24)15-23(34)31-13-14-33(35-16-31)22-4-2-1-3-21(22)28/h1-12H,13-16H2. The van der Waals surface area contributed by atoms with Gasteiger partial charge >= 0.3 is 0 Å². The molecule has 178 valence electrons. The van der Waals surface area contributed by atoms with Crippen molar-refractivity contribution < 1.29 is 22.8 Å². The van der Waals surface area contributed by atoms with E-state index in [1.165, 1.54) is 45.0 Å². The minimum Gasteiger partial charge on any atom is -0.314 e. The van der Waals surface area contributed by atoms with Gasteiger partial charge in [0.05, 0.1) is 12.2 Å². The van der Waals surface area contributed by atoms with Crippen molar-refractivity contribution in [3.63, 3.8) is 0 Å². The molecule has 4 aromatic rings. The third kappa shape index (κ3) is 4.87. The van der Waals surface area contributed by atoms with Gasteiger partial charge in [-0.1, -0.05) is 12.1 Å². The first-order valence-electron chi connectivity index (χ1n) is 10.9. The molecule has 1 saturated heterocycles. The Morgan fingerprint density at radius 2 is 1.51 bits per heavy atom. The van der Waals surface area contributed by atoms with E-state index in [0.29, 0.717) is 35.0 Å². The predicted molar refractivity (Wildman–Crippen MR) is 122 cm³/mol. The molecule has 35 heavy (non-hydrogen) atoms. The van der Waals surface area contributed by atoms with Gasteiger partial charge in [-0.05, 0) is 60.7 Å². The van der Waals surface area contributed by atoms with Crippen molar-refractivity contribution >= 4 is 11.6 Å². The fourth-order valence-electron chi connectivity index (χ4n) is 3.73. The van der Waals surface area contributed by atoms with E-state index in [9.17, 15) is 18.0 Å². The van der Waals surface area contributed by atoms with E-state index in [-0.39, 0.29) is 25.7 Å². The quantitative estimate of drug-likeness (QED) is 0.428. The van der Waals surface area contributed by atoms with Crippen LogP contribution in [0.15, 0.2) is 72.8 Å². The molecule has 10 heteroatoms. The Hall–Kier alpha value is -4.18. The van der Waals surface area contributed by atoms with Crippen molar-refractivity contribution in [1.29, 1.82) is 0 Å². The second-order valence-corrected chi connectivity index (χ2v) is 7.90. The molecule has 2 heterocycles. The zero-order valence-corrected chi connectivity index (χ0v) is 18.4. The molecule has 5 rings (SSSR count). The van der Waals surface area contributed by atoms with E-state index in [2.05, 4.69) is 10.1 Å². The first-order chi connectivity index (χ1) is 17.0. The smallest absolute Gasteiger partial charge is 0.246 e. The summed E-state index contributed by atoms with van der Waals surface area (Å²) in [7, 11) is 0. The second kappa shape index (κ2) is 9.59. The lowest BCUT2D eigenvalue weighted by atomic mass is 10.2. The molecule has 7 nitrogen and oxygen atoms in total. The summed E-state index contributed by atoms with van der Waals surface area (Å²) in [4.78, 5) is 24.7. The summed E-state index contributed by atoms with van der Waals surface area (Å²) in [6.45, 7) is 0.400. The maximum Gasteiger partial charge on any atom is 0.246 e. The maximum atomic E-state index is 14.0. The lowest BCUT2D eigenvalue weighted by Crippen LogP contribution is -2.48. The molecule has 3 aromatic carbocycles. The number of hydrogen-bond acceptors (Lipinski definition) is 5. The predicted octanol–water partition coefficient (Wildman–Crippen LogP) is 4.27. The van der Waals surface area contributed by atoms with Crippen molar-refractivity contribution in [2.24, 2.45) is 0 Å². The molecule has 1 amide bonds. The van der Waals surface area contributed by atoms with Crippen LogP contribution in [-0.2, 0) is 16.2 Å². The summed E-state index contributed by atoms with van der Waals surface area (Å²) in [5.41, 5.74) is 1.45. The molecule has 0 spiro atoms. The van der Waals surface area contributed by atoms with Crippen molar-refractivity contribution in [3.8, 4) is 22.8 Å². The van der Waals surface area contributed by atoms with Gasteiger partial charge in [-0.3, -0.25) is 9.63 Å². The Balaban J connectivity index is 1.36. The highest BCUT2D eigenvalue weighted by Crippen LogP contribution is 2.24. The SMILES string of the molecule is O=C(Cn1nc(-c2ccc(F)cc2)nc1-c1ccc(F)cc1)N1CCN(c2ccccc2F)OC1. The Labute approximate surface area is 198 Å². The third-order valence-corrected chi connectivity index (χ3v) is 5.58. The lowest BCUT2D eigenvalue weighted by Gasteiger charge is -2.35. The summed E-state index contributed by atoms with van der Waals surface area (Å²) in [6.07, 6.45) is 0. The lowest BCUT2D eigenvalue weighted by molar-refractivity contribution is -0.141. The number of carbonyl (C=O) groups is 1. The first-order valence-corrected chi connectivity index (χ1v) is 10.9.